The monoisotopic (exact) mass is 282 g/mol. The zero-order chi connectivity index (χ0) is 14.6. The Morgan fingerprint density at radius 2 is 1.80 bits per heavy atom. The molecule has 3 heteroatoms. The Morgan fingerprint density at radius 1 is 1.15 bits per heavy atom. The molecule has 3 nitrogen and oxygen atoms in total. The van der Waals surface area contributed by atoms with Crippen molar-refractivity contribution in [1.29, 1.82) is 0 Å². The molecule has 1 aliphatic carbocycles. The van der Waals surface area contributed by atoms with Crippen LogP contribution in [0.4, 0.5) is 0 Å². The van der Waals surface area contributed by atoms with Gasteiger partial charge in [0, 0.05) is 44.2 Å². The van der Waals surface area contributed by atoms with Crippen LogP contribution in [-0.4, -0.2) is 50.3 Å². The Bertz CT molecular complexity index is 271. The Morgan fingerprint density at radius 3 is 2.25 bits per heavy atom. The van der Waals surface area contributed by atoms with E-state index in [4.69, 9.17) is 4.74 Å². The molecule has 1 unspecified atom stereocenters. The molecule has 1 saturated heterocycles. The number of nitrogens with one attached hydrogen (secondary N) is 1. The van der Waals surface area contributed by atoms with E-state index in [0.29, 0.717) is 5.41 Å². The second-order valence-electron chi connectivity index (χ2n) is 7.94. The molecular weight excluding hydrogens is 248 g/mol. The number of ether oxygens (including phenoxy) is 1. The van der Waals surface area contributed by atoms with Crippen LogP contribution in [0, 0.1) is 17.3 Å². The van der Waals surface area contributed by atoms with E-state index in [0.717, 1.165) is 37.6 Å². The van der Waals surface area contributed by atoms with Gasteiger partial charge in [0.05, 0.1) is 6.61 Å². The number of nitrogens with zero attached hydrogens (tertiary/aromatic N) is 1. The summed E-state index contributed by atoms with van der Waals surface area (Å²) in [5, 5.41) is 3.74. The SMILES string of the molecule is CC(C)CN(CC(C)C)CC1(CNC2CC2)CCOC1. The van der Waals surface area contributed by atoms with E-state index in [2.05, 4.69) is 37.9 Å². The van der Waals surface area contributed by atoms with Gasteiger partial charge >= 0.3 is 0 Å². The molecule has 0 aromatic heterocycles. The van der Waals surface area contributed by atoms with Gasteiger partial charge in [0.25, 0.3) is 0 Å². The van der Waals surface area contributed by atoms with Gasteiger partial charge in [-0.15, -0.1) is 0 Å². The molecule has 0 amide bonds. The van der Waals surface area contributed by atoms with Crippen molar-refractivity contribution in [2.45, 2.75) is 53.0 Å². The van der Waals surface area contributed by atoms with Crippen molar-refractivity contribution < 1.29 is 4.74 Å². The molecule has 0 bridgehead atoms. The molecule has 1 heterocycles. The highest BCUT2D eigenvalue weighted by molar-refractivity contribution is 4.92. The molecule has 1 N–H and O–H groups in total. The van der Waals surface area contributed by atoms with Crippen LogP contribution in [0.15, 0.2) is 0 Å². The van der Waals surface area contributed by atoms with E-state index in [9.17, 15) is 0 Å². The maximum Gasteiger partial charge on any atom is 0.0547 e. The van der Waals surface area contributed by atoms with E-state index in [1.54, 1.807) is 0 Å². The Labute approximate surface area is 125 Å². The van der Waals surface area contributed by atoms with Gasteiger partial charge in [-0.2, -0.15) is 0 Å². The topological polar surface area (TPSA) is 24.5 Å². The van der Waals surface area contributed by atoms with Crippen LogP contribution in [0.25, 0.3) is 0 Å². The lowest BCUT2D eigenvalue weighted by atomic mass is 9.86. The summed E-state index contributed by atoms with van der Waals surface area (Å²) in [6.45, 7) is 16.0. The predicted octanol–water partition coefficient (Wildman–Crippen LogP) is 2.76. The van der Waals surface area contributed by atoms with Crippen molar-refractivity contribution in [3.8, 4) is 0 Å². The van der Waals surface area contributed by atoms with Gasteiger partial charge in [0.1, 0.15) is 0 Å². The number of hydrogen-bond donors (Lipinski definition) is 1. The first kappa shape index (κ1) is 16.3. The van der Waals surface area contributed by atoms with Gasteiger partial charge in [-0.25, -0.2) is 0 Å². The molecule has 0 spiro atoms. The van der Waals surface area contributed by atoms with Crippen LogP contribution in [0.3, 0.4) is 0 Å². The molecular formula is C17H34N2O. The maximum atomic E-state index is 5.76. The summed E-state index contributed by atoms with van der Waals surface area (Å²) < 4.78 is 5.76. The summed E-state index contributed by atoms with van der Waals surface area (Å²) in [6.07, 6.45) is 3.97. The number of hydrogen-bond acceptors (Lipinski definition) is 3. The summed E-state index contributed by atoms with van der Waals surface area (Å²) in [6, 6.07) is 0.802. The van der Waals surface area contributed by atoms with Gasteiger partial charge in [-0.1, -0.05) is 27.7 Å². The smallest absolute Gasteiger partial charge is 0.0547 e. The first-order chi connectivity index (χ1) is 9.49. The quantitative estimate of drug-likeness (QED) is 0.704. The van der Waals surface area contributed by atoms with Crippen LogP contribution in [0.2, 0.25) is 0 Å². The summed E-state index contributed by atoms with van der Waals surface area (Å²) >= 11 is 0. The van der Waals surface area contributed by atoms with Crippen molar-refractivity contribution in [2.24, 2.45) is 17.3 Å². The summed E-state index contributed by atoms with van der Waals surface area (Å²) in [7, 11) is 0. The zero-order valence-electron chi connectivity index (χ0n) is 14.0. The zero-order valence-corrected chi connectivity index (χ0v) is 14.0. The molecule has 1 atom stereocenters. The fraction of sp³-hybridized carbons (Fsp3) is 1.00. The Kier molecular flexibility index (Phi) is 5.88. The minimum atomic E-state index is 0.354. The highest BCUT2D eigenvalue weighted by atomic mass is 16.5. The lowest BCUT2D eigenvalue weighted by Crippen LogP contribution is -2.47. The molecule has 0 aromatic carbocycles. The number of rotatable bonds is 9. The molecule has 118 valence electrons. The predicted molar refractivity (Wildman–Crippen MR) is 85.0 cm³/mol. The van der Waals surface area contributed by atoms with E-state index < -0.39 is 0 Å². The lowest BCUT2D eigenvalue weighted by Gasteiger charge is -2.36. The molecule has 2 fully saturated rings. The van der Waals surface area contributed by atoms with Crippen molar-refractivity contribution >= 4 is 0 Å². The van der Waals surface area contributed by atoms with Gasteiger partial charge in [0.15, 0.2) is 0 Å². The average Bonchev–Trinajstić information content (AvgIpc) is 3.06. The third-order valence-corrected chi connectivity index (χ3v) is 4.33. The second kappa shape index (κ2) is 7.24. The van der Waals surface area contributed by atoms with Crippen molar-refractivity contribution in [2.75, 3.05) is 39.4 Å². The summed E-state index contributed by atoms with van der Waals surface area (Å²) in [4.78, 5) is 2.68. The minimum Gasteiger partial charge on any atom is -0.381 e. The van der Waals surface area contributed by atoms with Crippen molar-refractivity contribution in [1.82, 2.24) is 10.2 Å². The minimum absolute atomic E-state index is 0.354. The first-order valence-electron chi connectivity index (χ1n) is 8.52. The molecule has 2 aliphatic rings. The molecule has 1 saturated carbocycles. The third-order valence-electron chi connectivity index (χ3n) is 4.33. The normalized spacial score (nSPS) is 27.1. The van der Waals surface area contributed by atoms with Gasteiger partial charge in [-0.3, -0.25) is 0 Å². The van der Waals surface area contributed by atoms with Crippen molar-refractivity contribution in [3.05, 3.63) is 0 Å². The molecule has 20 heavy (non-hydrogen) atoms. The fourth-order valence-electron chi connectivity index (χ4n) is 3.33. The van der Waals surface area contributed by atoms with Crippen LogP contribution < -0.4 is 5.32 Å². The lowest BCUT2D eigenvalue weighted by molar-refractivity contribution is 0.0953. The van der Waals surface area contributed by atoms with Crippen molar-refractivity contribution in [3.63, 3.8) is 0 Å². The van der Waals surface area contributed by atoms with Crippen LogP contribution >= 0.6 is 0 Å². The van der Waals surface area contributed by atoms with Gasteiger partial charge in [-0.05, 0) is 31.1 Å². The van der Waals surface area contributed by atoms with Crippen LogP contribution in [0.5, 0.6) is 0 Å². The van der Waals surface area contributed by atoms with Crippen LogP contribution in [-0.2, 0) is 4.74 Å². The average molecular weight is 282 g/mol. The van der Waals surface area contributed by atoms with Gasteiger partial charge in [0.2, 0.25) is 0 Å². The molecule has 2 rings (SSSR count). The Hall–Kier alpha value is -0.120. The van der Waals surface area contributed by atoms with E-state index in [-0.39, 0.29) is 0 Å². The fourth-order valence-corrected chi connectivity index (χ4v) is 3.33. The largest absolute Gasteiger partial charge is 0.381 e. The molecule has 1 aliphatic heterocycles. The summed E-state index contributed by atoms with van der Waals surface area (Å²) in [5.41, 5.74) is 0.354. The van der Waals surface area contributed by atoms with E-state index >= 15 is 0 Å². The maximum absolute atomic E-state index is 5.76. The van der Waals surface area contributed by atoms with Gasteiger partial charge < -0.3 is 15.0 Å². The second-order valence-corrected chi connectivity index (χ2v) is 7.94. The third kappa shape index (κ3) is 5.34. The highest BCUT2D eigenvalue weighted by Gasteiger charge is 2.38. The van der Waals surface area contributed by atoms with Crippen LogP contribution in [0.1, 0.15) is 47.0 Å². The highest BCUT2D eigenvalue weighted by Crippen LogP contribution is 2.31. The molecule has 0 aromatic rings. The Balaban J connectivity index is 1.91. The molecule has 0 radical (unpaired) electrons. The summed E-state index contributed by atoms with van der Waals surface area (Å²) in [5.74, 6) is 1.48. The van der Waals surface area contributed by atoms with E-state index in [1.165, 1.54) is 38.9 Å². The first-order valence-corrected chi connectivity index (χ1v) is 8.52. The van der Waals surface area contributed by atoms with E-state index in [1.807, 2.05) is 0 Å². The standard InChI is InChI=1S/C17H34N2O/c1-14(2)9-19(10-15(3)4)12-17(7-8-20-13-17)11-18-16-5-6-16/h14-16,18H,5-13H2,1-4H3.